The molecule has 0 amide bonds. The van der Waals surface area contributed by atoms with Crippen LogP contribution in [0.15, 0.2) is 12.2 Å². The third-order valence-corrected chi connectivity index (χ3v) is 9.47. The Balaban J connectivity index is 1.93. The van der Waals surface area contributed by atoms with E-state index in [1.54, 1.807) is 14.2 Å². The van der Waals surface area contributed by atoms with Crippen LogP contribution in [0.25, 0.3) is 0 Å². The van der Waals surface area contributed by atoms with Gasteiger partial charge in [-0.2, -0.15) is 0 Å². The van der Waals surface area contributed by atoms with Crippen molar-refractivity contribution in [3.05, 3.63) is 12.2 Å². The smallest absolute Gasteiger partial charge is 0.320 e. The number of hydrogen-bond acceptors (Lipinski definition) is 8. The van der Waals surface area contributed by atoms with Gasteiger partial charge in [0.05, 0.1) is 25.4 Å². The van der Waals surface area contributed by atoms with Gasteiger partial charge in [-0.1, -0.05) is 26.8 Å². The lowest BCUT2D eigenvalue weighted by Gasteiger charge is -2.67. The highest BCUT2D eigenvalue weighted by atomic mass is 16.6. The fourth-order valence-electron chi connectivity index (χ4n) is 8.41. The lowest BCUT2D eigenvalue weighted by molar-refractivity contribution is -0.271. The molecule has 2 bridgehead atoms. The Morgan fingerprint density at radius 2 is 1.94 bits per heavy atom. The van der Waals surface area contributed by atoms with Crippen LogP contribution in [0.3, 0.4) is 0 Å². The summed E-state index contributed by atoms with van der Waals surface area (Å²) in [4.78, 5) is 38.8. The predicted molar refractivity (Wildman–Crippen MR) is 124 cm³/mol. The summed E-state index contributed by atoms with van der Waals surface area (Å²) in [6.45, 7) is 10.0. The van der Waals surface area contributed by atoms with Crippen LogP contribution in [-0.4, -0.2) is 68.4 Å². The molecule has 8 heteroatoms. The summed E-state index contributed by atoms with van der Waals surface area (Å²) in [5.74, 6) is -2.02. The zero-order valence-electron chi connectivity index (χ0n) is 21.0. The summed E-state index contributed by atoms with van der Waals surface area (Å²) in [5, 5.41) is 14.5. The summed E-state index contributed by atoms with van der Waals surface area (Å²) < 4.78 is 17.7. The van der Waals surface area contributed by atoms with E-state index >= 15 is 0 Å². The Kier molecular flexibility index (Phi) is 6.49. The van der Waals surface area contributed by atoms with Crippen molar-refractivity contribution in [2.24, 2.45) is 34.0 Å². The first-order valence-corrected chi connectivity index (χ1v) is 12.4. The molecule has 0 heterocycles. The van der Waals surface area contributed by atoms with Crippen molar-refractivity contribution in [3.63, 3.8) is 0 Å². The molecular weight excluding hydrogens is 438 g/mol. The minimum absolute atomic E-state index is 0.0130. The highest BCUT2D eigenvalue weighted by molar-refractivity contribution is 6.05. The maximum atomic E-state index is 14.1. The van der Waals surface area contributed by atoms with Crippen molar-refractivity contribution < 1.29 is 33.7 Å². The second-order valence-corrected chi connectivity index (χ2v) is 11.5. The van der Waals surface area contributed by atoms with Crippen molar-refractivity contribution >= 4 is 17.7 Å². The van der Waals surface area contributed by atoms with Gasteiger partial charge < -0.3 is 24.6 Å². The summed E-state index contributed by atoms with van der Waals surface area (Å²) in [5.41, 5.74) is -1.62. The van der Waals surface area contributed by atoms with Crippen LogP contribution in [0.2, 0.25) is 0 Å². The molecule has 0 aromatic rings. The highest BCUT2D eigenvalue weighted by Gasteiger charge is 2.78. The molecule has 8 atom stereocenters. The number of fused-ring (bicyclic) bond motifs is 3. The quantitative estimate of drug-likeness (QED) is 0.442. The van der Waals surface area contributed by atoms with E-state index < -0.39 is 46.9 Å². The van der Waals surface area contributed by atoms with Crippen molar-refractivity contribution in [2.45, 2.75) is 71.2 Å². The monoisotopic (exact) mass is 477 g/mol. The second kappa shape index (κ2) is 8.71. The number of aliphatic hydroxyl groups excluding tert-OH is 1. The van der Waals surface area contributed by atoms with Crippen LogP contribution < -0.4 is 5.32 Å². The van der Waals surface area contributed by atoms with E-state index in [0.29, 0.717) is 12.0 Å². The van der Waals surface area contributed by atoms with Crippen LogP contribution >= 0.6 is 0 Å². The summed E-state index contributed by atoms with van der Waals surface area (Å²) in [7, 11) is 3.25. The summed E-state index contributed by atoms with van der Waals surface area (Å²) in [6, 6.07) is 0. The SMILES string of the molecule is C=C1C(=O)[C@]23[C@H](OC(=O)CNC)[C@H]1C[C@H](O)[C@H]2[C@]1(COC(C)=O)CCCC(C)(C)[C@H]1C[C@H]3OC. The average Bonchev–Trinajstić information content (AvgIpc) is 2.89. The van der Waals surface area contributed by atoms with Gasteiger partial charge in [-0.15, -0.1) is 0 Å². The third-order valence-electron chi connectivity index (χ3n) is 9.47. The molecule has 4 aliphatic rings. The highest BCUT2D eigenvalue weighted by Crippen LogP contribution is 2.72. The van der Waals surface area contributed by atoms with Gasteiger partial charge in [0.25, 0.3) is 0 Å². The number of carbonyl (C=O) groups excluding carboxylic acids is 3. The lowest BCUT2D eigenvalue weighted by Crippen LogP contribution is -2.72. The number of methoxy groups -OCH3 is 1. The number of ketones is 1. The van der Waals surface area contributed by atoms with Crippen molar-refractivity contribution in [1.29, 1.82) is 0 Å². The van der Waals surface area contributed by atoms with Gasteiger partial charge in [-0.05, 0) is 49.6 Å². The Hall–Kier alpha value is -1.77. The van der Waals surface area contributed by atoms with Gasteiger partial charge in [-0.3, -0.25) is 14.4 Å². The van der Waals surface area contributed by atoms with Crippen LogP contribution in [-0.2, 0) is 28.6 Å². The molecule has 0 unspecified atom stereocenters. The molecule has 0 aromatic heterocycles. The molecule has 0 radical (unpaired) electrons. The largest absolute Gasteiger partial charge is 0.465 e. The van der Waals surface area contributed by atoms with E-state index in [9.17, 15) is 19.5 Å². The first kappa shape index (κ1) is 25.3. The number of esters is 2. The van der Waals surface area contributed by atoms with Crippen LogP contribution in [0.5, 0.6) is 0 Å². The second-order valence-electron chi connectivity index (χ2n) is 11.5. The molecule has 190 valence electrons. The molecule has 4 aliphatic carbocycles. The molecule has 0 aromatic carbocycles. The van der Waals surface area contributed by atoms with E-state index in [0.717, 1.165) is 19.3 Å². The van der Waals surface area contributed by atoms with E-state index in [1.807, 2.05) is 0 Å². The standard InChI is InChI=1S/C26H39NO7/c1-14-16-10-17(29)21-25(13-33-15(2)28)9-7-8-24(3,4)18(25)11-19(32-6)26(21,22(14)31)23(16)34-20(30)12-27-5/h16-19,21,23,27,29H,1,7-13H2,2-6H3/t16-,17-,18+,19+,21-,23+,25-,26+/m0/s1. The molecule has 8 nitrogen and oxygen atoms in total. The van der Waals surface area contributed by atoms with Gasteiger partial charge in [-0.25, -0.2) is 0 Å². The molecule has 4 fully saturated rings. The molecule has 0 saturated heterocycles. The maximum Gasteiger partial charge on any atom is 0.320 e. The zero-order valence-corrected chi connectivity index (χ0v) is 21.0. The lowest BCUT2D eigenvalue weighted by atomic mass is 9.39. The first-order valence-electron chi connectivity index (χ1n) is 12.4. The first-order chi connectivity index (χ1) is 16.0. The topological polar surface area (TPSA) is 111 Å². The van der Waals surface area contributed by atoms with Crippen molar-refractivity contribution in [1.82, 2.24) is 5.32 Å². The van der Waals surface area contributed by atoms with Gasteiger partial charge in [0, 0.05) is 31.3 Å². The number of likely N-dealkylation sites (N-methyl/N-ethyl adjacent to an activating group) is 1. The van der Waals surface area contributed by atoms with Crippen LogP contribution in [0.1, 0.15) is 52.9 Å². The average molecular weight is 478 g/mol. The number of hydrogen-bond donors (Lipinski definition) is 2. The van der Waals surface area contributed by atoms with Crippen LogP contribution in [0.4, 0.5) is 0 Å². The molecular formula is C26H39NO7. The van der Waals surface area contributed by atoms with Crippen molar-refractivity contribution in [2.75, 3.05) is 27.3 Å². The van der Waals surface area contributed by atoms with Gasteiger partial charge >= 0.3 is 11.9 Å². The number of Topliss-reactive ketones (excluding diaryl/α,β-unsaturated/α-hetero) is 1. The third kappa shape index (κ3) is 3.39. The summed E-state index contributed by atoms with van der Waals surface area (Å²) in [6.07, 6.45) is 1.28. The van der Waals surface area contributed by atoms with E-state index in [1.165, 1.54) is 6.92 Å². The van der Waals surface area contributed by atoms with Crippen molar-refractivity contribution in [3.8, 4) is 0 Å². The molecule has 4 rings (SSSR count). The molecule has 2 N–H and O–H groups in total. The van der Waals surface area contributed by atoms with Gasteiger partial charge in [0.2, 0.25) is 0 Å². The Morgan fingerprint density at radius 1 is 1.24 bits per heavy atom. The fraction of sp³-hybridized carbons (Fsp3) is 0.808. The van der Waals surface area contributed by atoms with Gasteiger partial charge in [0.15, 0.2) is 5.78 Å². The number of nitrogens with one attached hydrogen (secondary N) is 1. The van der Waals surface area contributed by atoms with Gasteiger partial charge in [0.1, 0.15) is 11.5 Å². The Labute approximate surface area is 201 Å². The maximum absolute atomic E-state index is 14.1. The van der Waals surface area contributed by atoms with Crippen LogP contribution in [0, 0.1) is 34.0 Å². The van der Waals surface area contributed by atoms with E-state index in [4.69, 9.17) is 14.2 Å². The molecule has 4 saturated carbocycles. The summed E-state index contributed by atoms with van der Waals surface area (Å²) >= 11 is 0. The zero-order chi connectivity index (χ0) is 25.1. The molecule has 0 aliphatic heterocycles. The number of carbonyl (C=O) groups is 3. The number of ether oxygens (including phenoxy) is 3. The number of rotatable bonds is 6. The Bertz CT molecular complexity index is 884. The predicted octanol–water partition coefficient (Wildman–Crippen LogP) is 2.03. The molecule has 1 spiro atoms. The molecule has 34 heavy (non-hydrogen) atoms. The van der Waals surface area contributed by atoms with E-state index in [2.05, 4.69) is 25.7 Å². The Morgan fingerprint density at radius 3 is 2.56 bits per heavy atom. The normalized spacial score (nSPS) is 42.5. The number of aliphatic hydroxyl groups is 1. The minimum atomic E-state index is -1.26. The minimum Gasteiger partial charge on any atom is -0.465 e. The van der Waals surface area contributed by atoms with E-state index in [-0.39, 0.29) is 42.7 Å². The fourth-order valence-corrected chi connectivity index (χ4v) is 8.41.